The monoisotopic (exact) mass is 251 g/mol. The molecule has 98 valence electrons. The van der Waals surface area contributed by atoms with Crippen molar-refractivity contribution < 1.29 is 19.4 Å². The Kier molecular flexibility index (Phi) is 5.17. The molecule has 1 unspecified atom stereocenters. The van der Waals surface area contributed by atoms with E-state index in [-0.39, 0.29) is 12.3 Å². The number of hydrogen-bond acceptors (Lipinski definition) is 3. The zero-order valence-electron chi connectivity index (χ0n) is 10.5. The maximum atomic E-state index is 11.8. The Labute approximate surface area is 106 Å². The van der Waals surface area contributed by atoms with Gasteiger partial charge in [-0.3, -0.25) is 9.59 Å². The van der Waals surface area contributed by atoms with Crippen LogP contribution in [0.25, 0.3) is 0 Å². The number of nitrogens with one attached hydrogen (secondary N) is 1. The first kappa shape index (κ1) is 14.0. The predicted molar refractivity (Wildman–Crippen MR) is 67.7 cm³/mol. The van der Waals surface area contributed by atoms with E-state index < -0.39 is 11.9 Å². The quantitative estimate of drug-likeness (QED) is 0.812. The highest BCUT2D eigenvalue weighted by atomic mass is 16.5. The molecule has 5 heteroatoms. The first-order chi connectivity index (χ1) is 8.54. The average molecular weight is 251 g/mol. The van der Waals surface area contributed by atoms with Crippen LogP contribution in [0.3, 0.4) is 0 Å². The highest BCUT2D eigenvalue weighted by Gasteiger charge is 2.17. The summed E-state index contributed by atoms with van der Waals surface area (Å²) in [4.78, 5) is 22.3. The maximum absolute atomic E-state index is 11.8. The molecule has 0 heterocycles. The van der Waals surface area contributed by atoms with Crippen LogP contribution in [0.5, 0.6) is 5.75 Å². The van der Waals surface area contributed by atoms with Crippen molar-refractivity contribution in [3.63, 3.8) is 0 Å². The number of ether oxygens (including phenoxy) is 1. The molecule has 1 amide bonds. The molecule has 1 rings (SSSR count). The number of amides is 1. The molecule has 0 saturated carbocycles. The maximum Gasteiger partial charge on any atom is 0.304 e. The number of carbonyl (C=O) groups excluding carboxylic acids is 1. The summed E-state index contributed by atoms with van der Waals surface area (Å²) in [6, 6.07) is 7.05. The van der Waals surface area contributed by atoms with Gasteiger partial charge in [-0.1, -0.05) is 19.1 Å². The molecular weight excluding hydrogens is 234 g/mol. The van der Waals surface area contributed by atoms with Crippen molar-refractivity contribution in [1.82, 2.24) is 0 Å². The molecule has 0 fully saturated rings. The molecule has 0 spiro atoms. The van der Waals surface area contributed by atoms with Crippen molar-refractivity contribution in [3.05, 3.63) is 24.3 Å². The van der Waals surface area contributed by atoms with E-state index in [1.54, 1.807) is 31.2 Å². The van der Waals surface area contributed by atoms with Crippen LogP contribution in [-0.4, -0.2) is 23.6 Å². The van der Waals surface area contributed by atoms with Crippen molar-refractivity contribution in [2.75, 3.05) is 11.9 Å². The van der Waals surface area contributed by atoms with E-state index in [9.17, 15) is 9.59 Å². The number of anilines is 1. The van der Waals surface area contributed by atoms with Gasteiger partial charge >= 0.3 is 5.97 Å². The minimum atomic E-state index is -0.990. The van der Waals surface area contributed by atoms with Gasteiger partial charge in [0.25, 0.3) is 0 Å². The van der Waals surface area contributed by atoms with Gasteiger partial charge in [-0.05, 0) is 19.1 Å². The second-order valence-electron chi connectivity index (χ2n) is 3.92. The van der Waals surface area contributed by atoms with Crippen LogP contribution < -0.4 is 10.1 Å². The van der Waals surface area contributed by atoms with Crippen LogP contribution in [0, 0.1) is 5.92 Å². The van der Waals surface area contributed by atoms with Crippen molar-refractivity contribution >= 4 is 17.6 Å². The van der Waals surface area contributed by atoms with Crippen LogP contribution in [0.15, 0.2) is 24.3 Å². The van der Waals surface area contributed by atoms with Crippen LogP contribution in [0.1, 0.15) is 20.3 Å². The van der Waals surface area contributed by atoms with Gasteiger partial charge in [-0.2, -0.15) is 0 Å². The number of hydrogen-bond donors (Lipinski definition) is 2. The van der Waals surface area contributed by atoms with Gasteiger partial charge in [0.05, 0.1) is 18.7 Å². The average Bonchev–Trinajstić information content (AvgIpc) is 2.31. The smallest absolute Gasteiger partial charge is 0.304 e. The Morgan fingerprint density at radius 1 is 1.39 bits per heavy atom. The van der Waals surface area contributed by atoms with Gasteiger partial charge in [0.2, 0.25) is 5.91 Å². The molecule has 0 saturated heterocycles. The number of carboxylic acids is 1. The van der Waals surface area contributed by atoms with Crippen LogP contribution >= 0.6 is 0 Å². The second-order valence-corrected chi connectivity index (χ2v) is 3.92. The van der Waals surface area contributed by atoms with Crippen LogP contribution in [0.2, 0.25) is 0 Å². The Bertz CT molecular complexity index is 431. The number of carboxylic acid groups (broad SMARTS) is 1. The lowest BCUT2D eigenvalue weighted by molar-refractivity contribution is -0.139. The number of aliphatic carboxylic acids is 1. The lowest BCUT2D eigenvalue weighted by atomic mass is 10.1. The minimum absolute atomic E-state index is 0.192. The normalized spacial score (nSPS) is 11.7. The van der Waals surface area contributed by atoms with Gasteiger partial charge in [0, 0.05) is 5.92 Å². The van der Waals surface area contributed by atoms with Crippen molar-refractivity contribution in [2.45, 2.75) is 20.3 Å². The van der Waals surface area contributed by atoms with E-state index in [4.69, 9.17) is 9.84 Å². The molecule has 1 aromatic rings. The zero-order valence-corrected chi connectivity index (χ0v) is 10.5. The van der Waals surface area contributed by atoms with Crippen LogP contribution in [0.4, 0.5) is 5.69 Å². The first-order valence-corrected chi connectivity index (χ1v) is 5.79. The number of para-hydroxylation sites is 2. The van der Waals surface area contributed by atoms with E-state index in [1.807, 2.05) is 6.92 Å². The molecule has 0 bridgehead atoms. The summed E-state index contributed by atoms with van der Waals surface area (Å²) in [7, 11) is 0. The predicted octanol–water partition coefficient (Wildman–Crippen LogP) is 2.13. The van der Waals surface area contributed by atoms with Gasteiger partial charge in [-0.25, -0.2) is 0 Å². The van der Waals surface area contributed by atoms with E-state index in [0.29, 0.717) is 18.0 Å². The molecule has 0 radical (unpaired) electrons. The first-order valence-electron chi connectivity index (χ1n) is 5.79. The minimum Gasteiger partial charge on any atom is -0.492 e. The van der Waals surface area contributed by atoms with Crippen LogP contribution in [-0.2, 0) is 9.59 Å². The van der Waals surface area contributed by atoms with Gasteiger partial charge in [0.1, 0.15) is 5.75 Å². The third-order valence-electron chi connectivity index (χ3n) is 2.37. The summed E-state index contributed by atoms with van der Waals surface area (Å²) in [5.41, 5.74) is 0.557. The molecule has 18 heavy (non-hydrogen) atoms. The highest BCUT2D eigenvalue weighted by Crippen LogP contribution is 2.24. The Morgan fingerprint density at radius 3 is 2.67 bits per heavy atom. The largest absolute Gasteiger partial charge is 0.492 e. The summed E-state index contributed by atoms with van der Waals surface area (Å²) in [5.74, 6) is -1.33. The summed E-state index contributed by atoms with van der Waals surface area (Å²) >= 11 is 0. The fourth-order valence-corrected chi connectivity index (χ4v) is 1.46. The second kappa shape index (κ2) is 6.64. The Hall–Kier alpha value is -2.04. The number of rotatable bonds is 6. The summed E-state index contributed by atoms with van der Waals surface area (Å²) in [6.07, 6.45) is -0.192. The lowest BCUT2D eigenvalue weighted by Crippen LogP contribution is -2.23. The Morgan fingerprint density at radius 2 is 2.06 bits per heavy atom. The molecule has 0 aliphatic heterocycles. The molecule has 0 aromatic heterocycles. The van der Waals surface area contributed by atoms with E-state index >= 15 is 0 Å². The number of benzene rings is 1. The third kappa shape index (κ3) is 4.08. The SMILES string of the molecule is CCOc1ccccc1NC(=O)C(C)CC(=O)O. The standard InChI is InChI=1S/C13H17NO4/c1-3-18-11-7-5-4-6-10(11)14-13(17)9(2)8-12(15)16/h4-7,9H,3,8H2,1-2H3,(H,14,17)(H,15,16). The molecule has 0 aliphatic rings. The zero-order chi connectivity index (χ0) is 13.5. The molecule has 0 aliphatic carbocycles. The summed E-state index contributed by atoms with van der Waals surface area (Å²) in [6.45, 7) is 3.93. The molecule has 1 atom stereocenters. The lowest BCUT2D eigenvalue weighted by Gasteiger charge is -2.13. The topological polar surface area (TPSA) is 75.6 Å². The fraction of sp³-hybridized carbons (Fsp3) is 0.385. The van der Waals surface area contributed by atoms with E-state index in [2.05, 4.69) is 5.32 Å². The summed E-state index contributed by atoms with van der Waals surface area (Å²) < 4.78 is 5.37. The van der Waals surface area contributed by atoms with Gasteiger partial charge in [0.15, 0.2) is 0 Å². The van der Waals surface area contributed by atoms with Crippen molar-refractivity contribution in [3.8, 4) is 5.75 Å². The fourth-order valence-electron chi connectivity index (χ4n) is 1.46. The molecule has 2 N–H and O–H groups in total. The highest BCUT2D eigenvalue weighted by molar-refractivity contribution is 5.95. The summed E-state index contributed by atoms with van der Waals surface area (Å²) in [5, 5.41) is 11.3. The van der Waals surface area contributed by atoms with Crippen molar-refractivity contribution in [2.24, 2.45) is 5.92 Å². The Balaban J connectivity index is 2.72. The molecule has 5 nitrogen and oxygen atoms in total. The van der Waals surface area contributed by atoms with Gasteiger partial charge in [-0.15, -0.1) is 0 Å². The van der Waals surface area contributed by atoms with Crippen molar-refractivity contribution in [1.29, 1.82) is 0 Å². The third-order valence-corrected chi connectivity index (χ3v) is 2.37. The van der Waals surface area contributed by atoms with E-state index in [1.165, 1.54) is 0 Å². The molecule has 1 aromatic carbocycles. The number of carbonyl (C=O) groups is 2. The van der Waals surface area contributed by atoms with Gasteiger partial charge < -0.3 is 15.2 Å². The molecular formula is C13H17NO4. The van der Waals surface area contributed by atoms with E-state index in [0.717, 1.165) is 0 Å².